The van der Waals surface area contributed by atoms with Crippen LogP contribution in [0.15, 0.2) is 11.6 Å². The first kappa shape index (κ1) is 13.2. The van der Waals surface area contributed by atoms with E-state index in [2.05, 4.69) is 11.7 Å². The molecule has 0 radical (unpaired) electrons. The molecule has 0 unspecified atom stereocenters. The molecule has 0 aliphatic rings. The minimum Gasteiger partial charge on any atom is -0.466 e. The third-order valence-corrected chi connectivity index (χ3v) is 1.91. The molecule has 0 saturated carbocycles. The molecule has 0 bridgehead atoms. The Morgan fingerprint density at radius 2 is 2.07 bits per heavy atom. The number of carbonyl (C=O) groups is 1. The molecule has 0 aliphatic heterocycles. The molecule has 0 rings (SSSR count). The van der Waals surface area contributed by atoms with Crippen molar-refractivity contribution in [3.8, 4) is 0 Å². The van der Waals surface area contributed by atoms with E-state index in [-0.39, 0.29) is 5.97 Å². The minimum atomic E-state index is -0.290. The molecule has 0 N–H and O–H groups in total. The Bertz CT molecular complexity index is 185. The number of unbranched alkanes of at least 4 members (excludes halogenated alkanes) is 2. The van der Waals surface area contributed by atoms with E-state index in [0.29, 0.717) is 12.2 Å². The Kier molecular flexibility index (Phi) is 8.24. The first-order valence-corrected chi connectivity index (χ1v) is 5.05. The first-order chi connectivity index (χ1) is 6.72. The molecule has 0 heterocycles. The van der Waals surface area contributed by atoms with E-state index in [0.717, 1.165) is 13.0 Å². The fourth-order valence-electron chi connectivity index (χ4n) is 0.966. The van der Waals surface area contributed by atoms with Crippen LogP contribution in [0.1, 0.15) is 33.1 Å². The van der Waals surface area contributed by atoms with Gasteiger partial charge in [-0.25, -0.2) is 4.79 Å². The zero-order valence-electron chi connectivity index (χ0n) is 9.34. The van der Waals surface area contributed by atoms with Crippen molar-refractivity contribution < 1.29 is 14.3 Å². The molecule has 0 spiro atoms. The van der Waals surface area contributed by atoms with Gasteiger partial charge in [0, 0.05) is 12.2 Å². The van der Waals surface area contributed by atoms with Gasteiger partial charge in [-0.05, 0) is 19.4 Å². The maximum atomic E-state index is 10.9. The van der Waals surface area contributed by atoms with Crippen molar-refractivity contribution in [2.45, 2.75) is 33.1 Å². The zero-order chi connectivity index (χ0) is 10.8. The van der Waals surface area contributed by atoms with Crippen molar-refractivity contribution >= 4 is 5.97 Å². The summed E-state index contributed by atoms with van der Waals surface area (Å²) in [6.07, 6.45) is 5.22. The fourth-order valence-corrected chi connectivity index (χ4v) is 0.966. The number of rotatable bonds is 7. The molecule has 3 nitrogen and oxygen atoms in total. The van der Waals surface area contributed by atoms with Crippen LogP contribution in [0.3, 0.4) is 0 Å². The van der Waals surface area contributed by atoms with Gasteiger partial charge in [-0.2, -0.15) is 0 Å². The summed E-state index contributed by atoms with van der Waals surface area (Å²) < 4.78 is 9.86. The Balaban J connectivity index is 3.46. The second kappa shape index (κ2) is 8.75. The molecule has 0 atom stereocenters. The molecule has 0 aromatic rings. The molecular formula is C11H20O3. The number of ether oxygens (including phenoxy) is 2. The molecule has 0 aromatic carbocycles. The third-order valence-electron chi connectivity index (χ3n) is 1.91. The molecule has 14 heavy (non-hydrogen) atoms. The summed E-state index contributed by atoms with van der Waals surface area (Å²) in [5, 5.41) is 0. The highest BCUT2D eigenvalue weighted by atomic mass is 16.5. The van der Waals surface area contributed by atoms with Gasteiger partial charge in [0.05, 0.1) is 13.7 Å². The van der Waals surface area contributed by atoms with Crippen LogP contribution < -0.4 is 0 Å². The van der Waals surface area contributed by atoms with Gasteiger partial charge in [-0.1, -0.05) is 19.8 Å². The minimum absolute atomic E-state index is 0.290. The molecule has 0 fully saturated rings. The predicted molar refractivity (Wildman–Crippen MR) is 56.1 cm³/mol. The van der Waals surface area contributed by atoms with Crippen molar-refractivity contribution in [1.82, 2.24) is 0 Å². The highest BCUT2D eigenvalue weighted by Gasteiger charge is 2.00. The molecule has 82 valence electrons. The van der Waals surface area contributed by atoms with E-state index in [4.69, 9.17) is 4.74 Å². The summed E-state index contributed by atoms with van der Waals surface area (Å²) in [4.78, 5) is 10.9. The van der Waals surface area contributed by atoms with Gasteiger partial charge in [-0.3, -0.25) is 0 Å². The quantitative estimate of drug-likeness (QED) is 0.359. The van der Waals surface area contributed by atoms with Gasteiger partial charge in [0.1, 0.15) is 0 Å². The summed E-state index contributed by atoms with van der Waals surface area (Å²) in [6, 6.07) is 0. The number of methoxy groups -OCH3 is 1. The van der Waals surface area contributed by atoms with Gasteiger partial charge >= 0.3 is 5.97 Å². The van der Waals surface area contributed by atoms with Crippen LogP contribution in [-0.2, 0) is 14.3 Å². The molecule has 0 aliphatic carbocycles. The lowest BCUT2D eigenvalue weighted by Gasteiger charge is -2.01. The van der Waals surface area contributed by atoms with E-state index in [1.165, 1.54) is 20.0 Å². The topological polar surface area (TPSA) is 35.5 Å². The number of hydrogen-bond acceptors (Lipinski definition) is 3. The Morgan fingerprint density at radius 3 is 2.64 bits per heavy atom. The zero-order valence-corrected chi connectivity index (χ0v) is 9.34. The largest absolute Gasteiger partial charge is 0.466 e. The third kappa shape index (κ3) is 6.66. The normalized spacial score (nSPS) is 11.5. The standard InChI is InChI=1S/C11H20O3/c1-4-5-6-8-14-9-7-10(2)11(12)13-3/h7H,4-6,8-9H2,1-3H3. The lowest BCUT2D eigenvalue weighted by Crippen LogP contribution is -2.03. The lowest BCUT2D eigenvalue weighted by molar-refractivity contribution is -0.136. The summed E-state index contributed by atoms with van der Waals surface area (Å²) >= 11 is 0. The molecule has 3 heteroatoms. The van der Waals surface area contributed by atoms with Crippen LogP contribution in [-0.4, -0.2) is 26.3 Å². The van der Waals surface area contributed by atoms with E-state index in [9.17, 15) is 4.79 Å². The van der Waals surface area contributed by atoms with Crippen LogP contribution in [0, 0.1) is 0 Å². The average molecular weight is 200 g/mol. The molecular weight excluding hydrogens is 180 g/mol. The van der Waals surface area contributed by atoms with Gasteiger partial charge in [0.2, 0.25) is 0 Å². The van der Waals surface area contributed by atoms with Crippen LogP contribution in [0.25, 0.3) is 0 Å². The van der Waals surface area contributed by atoms with Crippen molar-refractivity contribution in [3.05, 3.63) is 11.6 Å². The van der Waals surface area contributed by atoms with Gasteiger partial charge in [0.15, 0.2) is 0 Å². The van der Waals surface area contributed by atoms with Crippen molar-refractivity contribution in [3.63, 3.8) is 0 Å². The monoisotopic (exact) mass is 200 g/mol. The van der Waals surface area contributed by atoms with Gasteiger partial charge < -0.3 is 9.47 Å². The van der Waals surface area contributed by atoms with Crippen molar-refractivity contribution in [2.75, 3.05) is 20.3 Å². The number of hydrogen-bond donors (Lipinski definition) is 0. The highest BCUT2D eigenvalue weighted by Crippen LogP contribution is 1.97. The van der Waals surface area contributed by atoms with E-state index in [1.54, 1.807) is 13.0 Å². The van der Waals surface area contributed by atoms with E-state index < -0.39 is 0 Å². The summed E-state index contributed by atoms with van der Waals surface area (Å²) in [6.45, 7) is 5.13. The Morgan fingerprint density at radius 1 is 1.36 bits per heavy atom. The number of carbonyl (C=O) groups excluding carboxylic acids is 1. The fraction of sp³-hybridized carbons (Fsp3) is 0.727. The van der Waals surface area contributed by atoms with Crippen LogP contribution in [0.4, 0.5) is 0 Å². The van der Waals surface area contributed by atoms with E-state index >= 15 is 0 Å². The van der Waals surface area contributed by atoms with Gasteiger partial charge in [-0.15, -0.1) is 0 Å². The highest BCUT2D eigenvalue weighted by molar-refractivity contribution is 5.87. The first-order valence-electron chi connectivity index (χ1n) is 5.05. The Labute approximate surface area is 86.1 Å². The number of esters is 1. The second-order valence-electron chi connectivity index (χ2n) is 3.16. The van der Waals surface area contributed by atoms with Gasteiger partial charge in [0.25, 0.3) is 0 Å². The van der Waals surface area contributed by atoms with Crippen molar-refractivity contribution in [1.29, 1.82) is 0 Å². The molecule has 0 aromatic heterocycles. The van der Waals surface area contributed by atoms with Crippen LogP contribution in [0.5, 0.6) is 0 Å². The van der Waals surface area contributed by atoms with E-state index in [1.807, 2.05) is 0 Å². The SMILES string of the molecule is CCCCCOCC=C(C)C(=O)OC. The molecule has 0 saturated heterocycles. The molecule has 0 amide bonds. The summed E-state index contributed by atoms with van der Waals surface area (Å²) in [5.74, 6) is -0.290. The Hall–Kier alpha value is -0.830. The lowest BCUT2D eigenvalue weighted by atomic mass is 10.3. The van der Waals surface area contributed by atoms with Crippen LogP contribution >= 0.6 is 0 Å². The maximum absolute atomic E-state index is 10.9. The van der Waals surface area contributed by atoms with Crippen molar-refractivity contribution in [2.24, 2.45) is 0 Å². The second-order valence-corrected chi connectivity index (χ2v) is 3.16. The maximum Gasteiger partial charge on any atom is 0.333 e. The average Bonchev–Trinajstić information content (AvgIpc) is 2.21. The smallest absolute Gasteiger partial charge is 0.333 e. The summed E-state index contributed by atoms with van der Waals surface area (Å²) in [7, 11) is 1.38. The van der Waals surface area contributed by atoms with Crippen LogP contribution in [0.2, 0.25) is 0 Å². The predicted octanol–water partition coefficient (Wildman–Crippen LogP) is 2.31. The summed E-state index contributed by atoms with van der Waals surface area (Å²) in [5.41, 5.74) is 0.600.